The van der Waals surface area contributed by atoms with Crippen LogP contribution in [0.1, 0.15) is 21.7 Å². The van der Waals surface area contributed by atoms with Gasteiger partial charge in [0.1, 0.15) is 0 Å². The van der Waals surface area contributed by atoms with Gasteiger partial charge in [0.25, 0.3) is 5.91 Å². The molecule has 0 saturated carbocycles. The summed E-state index contributed by atoms with van der Waals surface area (Å²) in [5, 5.41) is 7.76. The maximum Gasteiger partial charge on any atom is 0.256 e. The summed E-state index contributed by atoms with van der Waals surface area (Å²) in [5.74, 6) is 2.30. The van der Waals surface area contributed by atoms with Gasteiger partial charge in [0, 0.05) is 7.05 Å². The van der Waals surface area contributed by atoms with Crippen LogP contribution in [0.4, 0.5) is 0 Å². The summed E-state index contributed by atoms with van der Waals surface area (Å²) >= 11 is 0. The molecule has 1 aromatic heterocycles. The molecule has 0 bridgehead atoms. The van der Waals surface area contributed by atoms with Crippen molar-refractivity contribution in [3.8, 4) is 12.3 Å². The quantitative estimate of drug-likeness (QED) is 0.668. The summed E-state index contributed by atoms with van der Waals surface area (Å²) in [5.41, 5.74) is 1.90. The zero-order chi connectivity index (χ0) is 11.4. The Balaban J connectivity index is 3.01. The fraction of sp³-hybridized carbons (Fsp3) is 0.364. The standard InChI is InChI=1S/C11H13N3O/c1-5-6-14(4)11(15)10-7-8(2)12-13-9(10)3/h1,7H,6H2,2-4H3. The summed E-state index contributed by atoms with van der Waals surface area (Å²) in [6, 6.07) is 1.72. The SMILES string of the molecule is C#CCN(C)C(=O)c1cc(C)nnc1C. The van der Waals surface area contributed by atoms with E-state index in [9.17, 15) is 4.79 Å². The highest BCUT2D eigenvalue weighted by Crippen LogP contribution is 2.07. The largest absolute Gasteiger partial charge is 0.331 e. The number of hydrogen-bond donors (Lipinski definition) is 0. The highest BCUT2D eigenvalue weighted by molar-refractivity contribution is 5.95. The van der Waals surface area contributed by atoms with Crippen molar-refractivity contribution in [2.75, 3.05) is 13.6 Å². The van der Waals surface area contributed by atoms with Crippen LogP contribution in [0, 0.1) is 26.2 Å². The first-order valence-corrected chi connectivity index (χ1v) is 4.56. The van der Waals surface area contributed by atoms with Crippen LogP contribution in [0.15, 0.2) is 6.07 Å². The third-order valence-electron chi connectivity index (χ3n) is 2.01. The van der Waals surface area contributed by atoms with Crippen molar-refractivity contribution in [2.24, 2.45) is 0 Å². The van der Waals surface area contributed by atoms with Crippen molar-refractivity contribution in [2.45, 2.75) is 13.8 Å². The molecule has 0 N–H and O–H groups in total. The molecule has 1 heterocycles. The van der Waals surface area contributed by atoms with Gasteiger partial charge in [0.15, 0.2) is 0 Å². The zero-order valence-corrected chi connectivity index (χ0v) is 9.11. The molecule has 4 nitrogen and oxygen atoms in total. The number of carbonyl (C=O) groups excluding carboxylic acids is 1. The molecule has 0 aliphatic rings. The van der Waals surface area contributed by atoms with Gasteiger partial charge in [-0.05, 0) is 19.9 Å². The van der Waals surface area contributed by atoms with Gasteiger partial charge in [-0.1, -0.05) is 5.92 Å². The van der Waals surface area contributed by atoms with E-state index in [1.54, 1.807) is 27.0 Å². The van der Waals surface area contributed by atoms with Crippen LogP contribution in [0.25, 0.3) is 0 Å². The van der Waals surface area contributed by atoms with Crippen LogP contribution in [0.3, 0.4) is 0 Å². The molecule has 0 unspecified atom stereocenters. The van der Waals surface area contributed by atoms with Crippen molar-refractivity contribution in [3.63, 3.8) is 0 Å². The fourth-order valence-electron chi connectivity index (χ4n) is 1.18. The predicted molar refractivity (Wildman–Crippen MR) is 57.3 cm³/mol. The second-order valence-electron chi connectivity index (χ2n) is 3.35. The molecular formula is C11H13N3O. The van der Waals surface area contributed by atoms with Gasteiger partial charge in [-0.3, -0.25) is 4.79 Å². The Hall–Kier alpha value is -1.89. The molecule has 0 aromatic carbocycles. The number of aromatic nitrogens is 2. The monoisotopic (exact) mass is 203 g/mol. The highest BCUT2D eigenvalue weighted by Gasteiger charge is 2.14. The van der Waals surface area contributed by atoms with Crippen LogP contribution < -0.4 is 0 Å². The minimum atomic E-state index is -0.122. The Morgan fingerprint density at radius 1 is 1.53 bits per heavy atom. The number of amides is 1. The topological polar surface area (TPSA) is 46.1 Å². The second kappa shape index (κ2) is 4.56. The third-order valence-corrected chi connectivity index (χ3v) is 2.01. The van der Waals surface area contributed by atoms with Gasteiger partial charge in [0.05, 0.1) is 23.5 Å². The van der Waals surface area contributed by atoms with E-state index in [0.717, 1.165) is 5.69 Å². The lowest BCUT2D eigenvalue weighted by Gasteiger charge is -2.14. The van der Waals surface area contributed by atoms with Gasteiger partial charge >= 0.3 is 0 Å². The predicted octanol–water partition coefficient (Wildman–Crippen LogP) is 0.799. The van der Waals surface area contributed by atoms with Crippen molar-refractivity contribution in [1.82, 2.24) is 15.1 Å². The van der Waals surface area contributed by atoms with E-state index in [0.29, 0.717) is 17.8 Å². The van der Waals surface area contributed by atoms with Crippen molar-refractivity contribution >= 4 is 5.91 Å². The van der Waals surface area contributed by atoms with Gasteiger partial charge in [-0.15, -0.1) is 6.42 Å². The average Bonchev–Trinajstić information content (AvgIpc) is 2.21. The van der Waals surface area contributed by atoms with E-state index in [-0.39, 0.29) is 5.91 Å². The first-order chi connectivity index (χ1) is 7.06. The Morgan fingerprint density at radius 3 is 2.80 bits per heavy atom. The highest BCUT2D eigenvalue weighted by atomic mass is 16.2. The lowest BCUT2D eigenvalue weighted by atomic mass is 10.2. The summed E-state index contributed by atoms with van der Waals surface area (Å²) in [7, 11) is 1.66. The molecule has 78 valence electrons. The summed E-state index contributed by atoms with van der Waals surface area (Å²) < 4.78 is 0. The molecule has 1 rings (SSSR count). The van der Waals surface area contributed by atoms with Gasteiger partial charge in [-0.2, -0.15) is 10.2 Å². The van der Waals surface area contributed by atoms with Crippen molar-refractivity contribution in [3.05, 3.63) is 23.0 Å². The van der Waals surface area contributed by atoms with Gasteiger partial charge < -0.3 is 4.90 Å². The lowest BCUT2D eigenvalue weighted by molar-refractivity contribution is 0.0811. The van der Waals surface area contributed by atoms with Crippen LogP contribution in [0.2, 0.25) is 0 Å². The van der Waals surface area contributed by atoms with E-state index < -0.39 is 0 Å². The summed E-state index contributed by atoms with van der Waals surface area (Å²) in [6.07, 6.45) is 5.14. The molecule has 0 fully saturated rings. The number of carbonyl (C=O) groups is 1. The van der Waals surface area contributed by atoms with Crippen LogP contribution in [-0.2, 0) is 0 Å². The number of rotatable bonds is 2. The molecule has 0 aliphatic carbocycles. The third kappa shape index (κ3) is 2.53. The molecular weight excluding hydrogens is 190 g/mol. The van der Waals surface area contributed by atoms with Gasteiger partial charge in [0.2, 0.25) is 0 Å². The summed E-state index contributed by atoms with van der Waals surface area (Å²) in [4.78, 5) is 13.3. The second-order valence-corrected chi connectivity index (χ2v) is 3.35. The Bertz CT molecular complexity index is 420. The number of terminal acetylenes is 1. The van der Waals surface area contributed by atoms with E-state index in [4.69, 9.17) is 6.42 Å². The molecule has 1 aromatic rings. The molecule has 0 spiro atoms. The first kappa shape index (κ1) is 11.2. The van der Waals surface area contributed by atoms with Crippen molar-refractivity contribution < 1.29 is 4.79 Å². The molecule has 15 heavy (non-hydrogen) atoms. The molecule has 4 heteroatoms. The Morgan fingerprint density at radius 2 is 2.20 bits per heavy atom. The molecule has 0 aliphatic heterocycles. The van der Waals surface area contributed by atoms with Crippen LogP contribution >= 0.6 is 0 Å². The number of nitrogens with zero attached hydrogens (tertiary/aromatic N) is 3. The Kier molecular flexibility index (Phi) is 3.40. The smallest absolute Gasteiger partial charge is 0.256 e. The van der Waals surface area contributed by atoms with E-state index in [2.05, 4.69) is 16.1 Å². The van der Waals surface area contributed by atoms with E-state index in [1.165, 1.54) is 4.90 Å². The molecule has 0 atom stereocenters. The van der Waals surface area contributed by atoms with E-state index >= 15 is 0 Å². The molecule has 0 radical (unpaired) electrons. The maximum absolute atomic E-state index is 11.9. The minimum Gasteiger partial charge on any atom is -0.331 e. The minimum absolute atomic E-state index is 0.122. The average molecular weight is 203 g/mol. The van der Waals surface area contributed by atoms with Crippen LogP contribution in [0.5, 0.6) is 0 Å². The van der Waals surface area contributed by atoms with Crippen LogP contribution in [-0.4, -0.2) is 34.6 Å². The lowest BCUT2D eigenvalue weighted by Crippen LogP contribution is -2.28. The van der Waals surface area contributed by atoms with E-state index in [1.807, 2.05) is 0 Å². The number of aryl methyl sites for hydroxylation is 2. The molecule has 1 amide bonds. The zero-order valence-electron chi connectivity index (χ0n) is 9.11. The normalized spacial score (nSPS) is 9.47. The first-order valence-electron chi connectivity index (χ1n) is 4.56. The summed E-state index contributed by atoms with van der Waals surface area (Å²) in [6.45, 7) is 3.84. The fourth-order valence-corrected chi connectivity index (χ4v) is 1.18. The van der Waals surface area contributed by atoms with Crippen molar-refractivity contribution in [1.29, 1.82) is 0 Å². The Labute approximate surface area is 89.3 Å². The maximum atomic E-state index is 11.9. The molecule has 0 saturated heterocycles. The van der Waals surface area contributed by atoms with Gasteiger partial charge in [-0.25, -0.2) is 0 Å². The number of hydrogen-bond acceptors (Lipinski definition) is 3.